The normalized spacial score (nSPS) is 19.2. The van der Waals surface area contributed by atoms with Gasteiger partial charge in [-0.25, -0.2) is 0 Å². The van der Waals surface area contributed by atoms with E-state index in [9.17, 15) is 5.26 Å². The van der Waals surface area contributed by atoms with Gasteiger partial charge in [-0.1, -0.05) is 36.4 Å². The predicted molar refractivity (Wildman–Crippen MR) is 105 cm³/mol. The Morgan fingerprint density at radius 3 is 2.85 bits per heavy atom. The highest BCUT2D eigenvalue weighted by Gasteiger charge is 2.23. The molecular formula is C22H27N3O. The topological polar surface area (TPSA) is 62.3 Å². The predicted octanol–water partition coefficient (Wildman–Crippen LogP) is 3.42. The second-order valence-electron chi connectivity index (χ2n) is 6.46. The van der Waals surface area contributed by atoms with Crippen LogP contribution in [-0.4, -0.2) is 25.6 Å². The van der Waals surface area contributed by atoms with E-state index in [2.05, 4.69) is 6.07 Å². The van der Waals surface area contributed by atoms with Crippen molar-refractivity contribution < 1.29 is 13.0 Å². The Morgan fingerprint density at radius 1 is 1.31 bits per heavy atom. The molecule has 0 amide bonds. The number of hydrogen-bond donors (Lipinski definition) is 1. The van der Waals surface area contributed by atoms with Crippen molar-refractivity contribution in [3.63, 3.8) is 0 Å². The Kier molecular flexibility index (Phi) is 4.12. The zero-order valence-corrected chi connectivity index (χ0v) is 14.8. The molecule has 4 nitrogen and oxygen atoms in total. The number of anilines is 1. The quantitative estimate of drug-likeness (QED) is 0.788. The third-order valence-electron chi connectivity index (χ3n) is 4.20. The van der Waals surface area contributed by atoms with Crippen LogP contribution in [0.2, 0.25) is 0 Å². The average molecular weight is 356 g/mol. The molecule has 1 heterocycles. The van der Waals surface area contributed by atoms with E-state index in [1.807, 2.05) is 13.0 Å². The number of nitriles is 1. The minimum Gasteiger partial charge on any atom is -0.377 e. The summed E-state index contributed by atoms with van der Waals surface area (Å²) in [6.07, 6.45) is -2.07. The molecule has 0 aromatic heterocycles. The van der Waals surface area contributed by atoms with Gasteiger partial charge in [0.05, 0.1) is 20.6 Å². The number of nitrogens with two attached hydrogens (primary N) is 1. The highest BCUT2D eigenvalue weighted by molar-refractivity contribution is 5.68. The second kappa shape index (κ2) is 8.84. The number of fused-ring (bicyclic) bond motifs is 1. The maximum atomic E-state index is 9.69. The first kappa shape index (κ1) is 12.1. The van der Waals surface area contributed by atoms with Crippen molar-refractivity contribution in [1.29, 1.82) is 5.26 Å². The first-order valence-electron chi connectivity index (χ1n) is 11.7. The highest BCUT2D eigenvalue weighted by Crippen LogP contribution is 2.33. The molecule has 1 aliphatic heterocycles. The summed E-state index contributed by atoms with van der Waals surface area (Å²) in [5.74, 6) is 0. The number of rotatable bonds is 8. The van der Waals surface area contributed by atoms with Crippen molar-refractivity contribution >= 4 is 5.69 Å². The molecule has 0 radical (unpaired) electrons. The lowest BCUT2D eigenvalue weighted by molar-refractivity contribution is 0.119. The van der Waals surface area contributed by atoms with Crippen LogP contribution in [0.1, 0.15) is 43.8 Å². The Balaban J connectivity index is 1.91. The van der Waals surface area contributed by atoms with Crippen molar-refractivity contribution in [2.75, 3.05) is 24.5 Å². The van der Waals surface area contributed by atoms with Crippen LogP contribution < -0.4 is 10.6 Å². The summed E-state index contributed by atoms with van der Waals surface area (Å²) in [5.41, 5.74) is 8.63. The van der Waals surface area contributed by atoms with Crippen LogP contribution in [0, 0.1) is 11.3 Å². The third-order valence-corrected chi connectivity index (χ3v) is 4.20. The van der Waals surface area contributed by atoms with Crippen LogP contribution >= 0.6 is 0 Å². The Bertz CT molecular complexity index is 1000. The molecule has 2 aromatic rings. The molecular weight excluding hydrogens is 322 g/mol. The fraction of sp³-hybridized carbons (Fsp3) is 0.409. The van der Waals surface area contributed by atoms with E-state index in [0.717, 1.165) is 16.0 Å². The molecule has 3 rings (SSSR count). The molecule has 1 atom stereocenters. The number of hydrogen-bond acceptors (Lipinski definition) is 4. The Labute approximate surface area is 164 Å². The molecule has 1 aliphatic rings. The summed E-state index contributed by atoms with van der Waals surface area (Å²) < 4.78 is 55.7. The highest BCUT2D eigenvalue weighted by atomic mass is 16.5. The number of ether oxygens (including phenoxy) is 1. The number of nitrogens with zero attached hydrogens (tertiary/aromatic N) is 2. The molecule has 0 bridgehead atoms. The lowest BCUT2D eigenvalue weighted by atomic mass is 9.99. The van der Waals surface area contributed by atoms with Crippen molar-refractivity contribution in [1.82, 2.24) is 0 Å². The van der Waals surface area contributed by atoms with E-state index in [-0.39, 0.29) is 24.8 Å². The molecule has 0 saturated carbocycles. The van der Waals surface area contributed by atoms with Gasteiger partial charge in [0.25, 0.3) is 0 Å². The van der Waals surface area contributed by atoms with Gasteiger partial charge >= 0.3 is 0 Å². The molecule has 0 unspecified atom stereocenters. The van der Waals surface area contributed by atoms with Crippen molar-refractivity contribution in [2.45, 2.75) is 38.8 Å². The van der Waals surface area contributed by atoms with Gasteiger partial charge in [0.2, 0.25) is 0 Å². The average Bonchev–Trinajstić information content (AvgIpc) is 3.16. The van der Waals surface area contributed by atoms with E-state index in [1.165, 1.54) is 0 Å². The minimum absolute atomic E-state index is 0.105. The van der Waals surface area contributed by atoms with E-state index in [1.54, 1.807) is 36.4 Å². The first-order valence-corrected chi connectivity index (χ1v) is 8.67. The largest absolute Gasteiger partial charge is 0.377 e. The minimum atomic E-state index is -3.05. The third kappa shape index (κ3) is 4.63. The smallest absolute Gasteiger partial charge is 0.101 e. The zero-order valence-electron chi connectivity index (χ0n) is 20.8. The van der Waals surface area contributed by atoms with Crippen LogP contribution in [0.5, 0.6) is 0 Å². The lowest BCUT2D eigenvalue weighted by Gasteiger charge is -2.21. The number of benzene rings is 2. The molecule has 26 heavy (non-hydrogen) atoms. The lowest BCUT2D eigenvalue weighted by Crippen LogP contribution is -2.23. The molecule has 0 fully saturated rings. The van der Waals surface area contributed by atoms with Gasteiger partial charge in [-0.2, -0.15) is 5.26 Å². The van der Waals surface area contributed by atoms with Crippen molar-refractivity contribution in [2.24, 2.45) is 5.73 Å². The molecule has 0 aliphatic carbocycles. The van der Waals surface area contributed by atoms with Crippen LogP contribution in [0.4, 0.5) is 5.69 Å². The van der Waals surface area contributed by atoms with Crippen LogP contribution in [0.15, 0.2) is 42.5 Å². The van der Waals surface area contributed by atoms with Gasteiger partial charge in [-0.15, -0.1) is 0 Å². The van der Waals surface area contributed by atoms with Crippen LogP contribution in [0.3, 0.4) is 0 Å². The van der Waals surface area contributed by atoms with Gasteiger partial charge in [0, 0.05) is 31.1 Å². The molecule has 2 N–H and O–H groups in total. The Hall–Kier alpha value is -2.35. The van der Waals surface area contributed by atoms with Crippen LogP contribution in [-0.2, 0) is 24.2 Å². The molecule has 0 saturated heterocycles. The Morgan fingerprint density at radius 2 is 2.12 bits per heavy atom. The summed E-state index contributed by atoms with van der Waals surface area (Å²) in [7, 11) is 0. The van der Waals surface area contributed by atoms with Crippen molar-refractivity contribution in [3.05, 3.63) is 64.7 Å². The van der Waals surface area contributed by atoms with Gasteiger partial charge in [-0.05, 0) is 48.9 Å². The molecule has 4 heteroatoms. The fourth-order valence-corrected chi connectivity index (χ4v) is 3.12. The summed E-state index contributed by atoms with van der Waals surface area (Å²) in [6.45, 7) is -3.95. The van der Waals surface area contributed by atoms with Crippen LogP contribution in [0.25, 0.3) is 0 Å². The van der Waals surface area contributed by atoms with E-state index < -0.39 is 19.4 Å². The standard InChI is InChI=1S/C22H27N3O/c1-17(24)12-19-13-20-8-10-25(22(20)21(14-19)15-23)9-5-11-26-16-18-6-3-2-4-7-18/h2-4,6-7,13-14,17H,5,8-12,16,24H2,1H3/t17-/m1/s1/i5D2,9D2,11D2. The fourth-order valence-electron chi connectivity index (χ4n) is 3.12. The van der Waals surface area contributed by atoms with Gasteiger partial charge < -0.3 is 15.4 Å². The summed E-state index contributed by atoms with van der Waals surface area (Å²) in [5, 5.41) is 9.69. The SMILES string of the molecule is [2H]C([2H])(OCc1ccccc1)C([2H])([2H])C([2H])([2H])N1CCc2cc(C[C@@H](C)N)cc(C#N)c21. The monoisotopic (exact) mass is 355 g/mol. The maximum absolute atomic E-state index is 9.69. The zero-order chi connectivity index (χ0) is 23.7. The summed E-state index contributed by atoms with van der Waals surface area (Å²) >= 11 is 0. The second-order valence-corrected chi connectivity index (χ2v) is 6.46. The molecule has 2 aromatic carbocycles. The van der Waals surface area contributed by atoms with Crippen molar-refractivity contribution in [3.8, 4) is 6.07 Å². The van der Waals surface area contributed by atoms with E-state index in [4.69, 9.17) is 18.7 Å². The van der Waals surface area contributed by atoms with E-state index in [0.29, 0.717) is 24.1 Å². The molecule has 136 valence electrons. The summed E-state index contributed by atoms with van der Waals surface area (Å²) in [4.78, 5) is 1.15. The van der Waals surface area contributed by atoms with Gasteiger partial charge in [-0.3, -0.25) is 0 Å². The van der Waals surface area contributed by atoms with Gasteiger partial charge in [0.1, 0.15) is 6.07 Å². The van der Waals surface area contributed by atoms with Gasteiger partial charge in [0.15, 0.2) is 0 Å². The molecule has 0 spiro atoms. The van der Waals surface area contributed by atoms with E-state index >= 15 is 0 Å². The maximum Gasteiger partial charge on any atom is 0.101 e. The summed E-state index contributed by atoms with van der Waals surface area (Å²) in [6, 6.07) is 14.2. The first-order chi connectivity index (χ1) is 14.9.